The number of fused-ring (bicyclic) bond motifs is 1. The molecular formula is C17H16O3. The van der Waals surface area contributed by atoms with Crippen LogP contribution in [0.4, 0.5) is 0 Å². The Labute approximate surface area is 117 Å². The Balaban J connectivity index is 2.23. The van der Waals surface area contributed by atoms with Crippen molar-refractivity contribution in [1.29, 1.82) is 0 Å². The molecule has 0 amide bonds. The lowest BCUT2D eigenvalue weighted by molar-refractivity contribution is 0.0696. The molecule has 0 unspecified atom stereocenters. The third-order valence-electron chi connectivity index (χ3n) is 3.81. The van der Waals surface area contributed by atoms with E-state index in [2.05, 4.69) is 6.07 Å². The molecule has 1 aliphatic rings. The van der Waals surface area contributed by atoms with E-state index in [1.807, 2.05) is 32.0 Å². The zero-order valence-corrected chi connectivity index (χ0v) is 11.6. The number of benzene rings is 2. The summed E-state index contributed by atoms with van der Waals surface area (Å²) in [4.78, 5) is 11.3. The van der Waals surface area contributed by atoms with Crippen LogP contribution in [0.5, 0.6) is 5.75 Å². The van der Waals surface area contributed by atoms with Crippen LogP contribution in [0, 0.1) is 13.8 Å². The van der Waals surface area contributed by atoms with Crippen LogP contribution >= 0.6 is 0 Å². The summed E-state index contributed by atoms with van der Waals surface area (Å²) in [6.45, 7) is 4.53. The average molecular weight is 268 g/mol. The van der Waals surface area contributed by atoms with E-state index in [1.54, 1.807) is 6.07 Å². The number of hydrogen-bond acceptors (Lipinski definition) is 2. The molecule has 1 heterocycles. The molecule has 0 aromatic heterocycles. The smallest absolute Gasteiger partial charge is 0.335 e. The van der Waals surface area contributed by atoms with Crippen LogP contribution in [-0.2, 0) is 6.42 Å². The van der Waals surface area contributed by atoms with Crippen molar-refractivity contribution < 1.29 is 14.6 Å². The molecule has 2 aromatic rings. The SMILES string of the molecule is Cc1cc(C)c(-c2cccc3c2OCC3)cc1C(=O)O. The minimum absolute atomic E-state index is 0.348. The Hall–Kier alpha value is -2.29. The number of para-hydroxylation sites is 1. The summed E-state index contributed by atoms with van der Waals surface area (Å²) >= 11 is 0. The van der Waals surface area contributed by atoms with E-state index >= 15 is 0 Å². The number of carboxylic acids is 1. The van der Waals surface area contributed by atoms with Gasteiger partial charge in [0.25, 0.3) is 0 Å². The lowest BCUT2D eigenvalue weighted by atomic mass is 9.93. The predicted molar refractivity (Wildman–Crippen MR) is 77.5 cm³/mol. The number of carboxylic acid groups (broad SMARTS) is 1. The fourth-order valence-electron chi connectivity index (χ4n) is 2.80. The summed E-state index contributed by atoms with van der Waals surface area (Å²) in [5, 5.41) is 9.29. The highest BCUT2D eigenvalue weighted by atomic mass is 16.5. The minimum Gasteiger partial charge on any atom is -0.492 e. The van der Waals surface area contributed by atoms with Crippen LogP contribution in [0.2, 0.25) is 0 Å². The Morgan fingerprint density at radius 1 is 1.15 bits per heavy atom. The standard InChI is InChI=1S/C17H16O3/c1-10-8-11(2)15(17(18)19)9-14(10)13-5-3-4-12-6-7-20-16(12)13/h3-5,8-9H,6-7H2,1-2H3,(H,18,19). The normalized spacial score (nSPS) is 12.9. The number of hydrogen-bond donors (Lipinski definition) is 1. The van der Waals surface area contributed by atoms with E-state index in [0.29, 0.717) is 12.2 Å². The molecule has 2 aromatic carbocycles. The van der Waals surface area contributed by atoms with E-state index in [9.17, 15) is 9.90 Å². The second kappa shape index (κ2) is 4.67. The largest absolute Gasteiger partial charge is 0.492 e. The highest BCUT2D eigenvalue weighted by Crippen LogP contribution is 2.38. The van der Waals surface area contributed by atoms with Crippen LogP contribution < -0.4 is 4.74 Å². The van der Waals surface area contributed by atoms with E-state index < -0.39 is 5.97 Å². The van der Waals surface area contributed by atoms with Gasteiger partial charge >= 0.3 is 5.97 Å². The van der Waals surface area contributed by atoms with Crippen LogP contribution in [0.15, 0.2) is 30.3 Å². The summed E-state index contributed by atoms with van der Waals surface area (Å²) in [6.07, 6.45) is 0.917. The molecule has 3 nitrogen and oxygen atoms in total. The maximum atomic E-state index is 11.3. The Kier molecular flexibility index (Phi) is 2.97. The van der Waals surface area contributed by atoms with Gasteiger partial charge in [0.05, 0.1) is 12.2 Å². The number of ether oxygens (including phenoxy) is 1. The zero-order chi connectivity index (χ0) is 14.3. The lowest BCUT2D eigenvalue weighted by Crippen LogP contribution is -2.01. The van der Waals surface area contributed by atoms with Gasteiger partial charge in [-0.3, -0.25) is 0 Å². The van der Waals surface area contributed by atoms with Gasteiger partial charge in [-0.05, 0) is 42.2 Å². The van der Waals surface area contributed by atoms with Crippen molar-refractivity contribution >= 4 is 5.97 Å². The number of rotatable bonds is 2. The monoisotopic (exact) mass is 268 g/mol. The van der Waals surface area contributed by atoms with Crippen molar-refractivity contribution in [3.63, 3.8) is 0 Å². The van der Waals surface area contributed by atoms with Crippen molar-refractivity contribution in [1.82, 2.24) is 0 Å². The maximum Gasteiger partial charge on any atom is 0.335 e. The maximum absolute atomic E-state index is 11.3. The van der Waals surface area contributed by atoms with Crippen LogP contribution in [0.3, 0.4) is 0 Å². The Morgan fingerprint density at radius 2 is 1.95 bits per heavy atom. The van der Waals surface area contributed by atoms with E-state index in [-0.39, 0.29) is 0 Å². The van der Waals surface area contributed by atoms with Gasteiger partial charge in [-0.25, -0.2) is 4.79 Å². The van der Waals surface area contributed by atoms with Gasteiger partial charge in [0.1, 0.15) is 5.75 Å². The fourth-order valence-corrected chi connectivity index (χ4v) is 2.80. The first kappa shape index (κ1) is 12.7. The van der Waals surface area contributed by atoms with Gasteiger partial charge in [0, 0.05) is 12.0 Å². The van der Waals surface area contributed by atoms with Crippen LogP contribution in [0.1, 0.15) is 27.0 Å². The molecule has 20 heavy (non-hydrogen) atoms. The Morgan fingerprint density at radius 3 is 2.70 bits per heavy atom. The second-order valence-electron chi connectivity index (χ2n) is 5.18. The van der Waals surface area contributed by atoms with Crippen molar-refractivity contribution in [2.75, 3.05) is 6.61 Å². The zero-order valence-electron chi connectivity index (χ0n) is 11.6. The average Bonchev–Trinajstić information content (AvgIpc) is 2.86. The molecule has 1 aliphatic heterocycles. The molecule has 1 N–H and O–H groups in total. The molecule has 0 radical (unpaired) electrons. The van der Waals surface area contributed by atoms with Gasteiger partial charge in [-0.2, -0.15) is 0 Å². The van der Waals surface area contributed by atoms with Crippen LogP contribution in [-0.4, -0.2) is 17.7 Å². The molecule has 3 heteroatoms. The summed E-state index contributed by atoms with van der Waals surface area (Å²) in [5.74, 6) is 0.00744. The summed E-state index contributed by atoms with van der Waals surface area (Å²) in [5.41, 5.74) is 5.32. The number of aromatic carboxylic acids is 1. The topological polar surface area (TPSA) is 46.5 Å². The molecular weight excluding hydrogens is 252 g/mol. The molecule has 0 saturated heterocycles. The van der Waals surface area contributed by atoms with Crippen molar-refractivity contribution in [2.45, 2.75) is 20.3 Å². The second-order valence-corrected chi connectivity index (χ2v) is 5.18. The first-order valence-electron chi connectivity index (χ1n) is 6.67. The van der Waals surface area contributed by atoms with Gasteiger partial charge < -0.3 is 9.84 Å². The first-order valence-corrected chi connectivity index (χ1v) is 6.67. The molecule has 0 aliphatic carbocycles. The lowest BCUT2D eigenvalue weighted by Gasteiger charge is -2.13. The first-order chi connectivity index (χ1) is 9.58. The molecule has 0 saturated carbocycles. The van der Waals surface area contributed by atoms with Crippen molar-refractivity contribution in [3.8, 4) is 16.9 Å². The van der Waals surface area contributed by atoms with Gasteiger partial charge in [0.2, 0.25) is 0 Å². The van der Waals surface area contributed by atoms with E-state index in [1.165, 1.54) is 5.56 Å². The Bertz CT molecular complexity index is 702. The third-order valence-corrected chi connectivity index (χ3v) is 3.81. The number of aryl methyl sites for hydroxylation is 2. The molecule has 0 fully saturated rings. The third kappa shape index (κ3) is 1.95. The fraction of sp³-hybridized carbons (Fsp3) is 0.235. The summed E-state index contributed by atoms with van der Waals surface area (Å²) in [7, 11) is 0. The van der Waals surface area contributed by atoms with Crippen molar-refractivity contribution in [3.05, 3.63) is 52.6 Å². The molecule has 0 atom stereocenters. The molecule has 102 valence electrons. The molecule has 0 bridgehead atoms. The van der Waals surface area contributed by atoms with Gasteiger partial charge in [-0.1, -0.05) is 24.3 Å². The quantitative estimate of drug-likeness (QED) is 0.905. The van der Waals surface area contributed by atoms with E-state index in [4.69, 9.17) is 4.74 Å². The van der Waals surface area contributed by atoms with Gasteiger partial charge in [0.15, 0.2) is 0 Å². The molecule has 3 rings (SSSR count). The highest BCUT2D eigenvalue weighted by molar-refractivity contribution is 5.92. The minimum atomic E-state index is -0.891. The van der Waals surface area contributed by atoms with E-state index in [0.717, 1.165) is 34.4 Å². The highest BCUT2D eigenvalue weighted by Gasteiger charge is 2.19. The van der Waals surface area contributed by atoms with Crippen LogP contribution in [0.25, 0.3) is 11.1 Å². The molecule has 0 spiro atoms. The summed E-state index contributed by atoms with van der Waals surface area (Å²) in [6, 6.07) is 9.74. The van der Waals surface area contributed by atoms with Crippen molar-refractivity contribution in [2.24, 2.45) is 0 Å². The summed E-state index contributed by atoms with van der Waals surface area (Å²) < 4.78 is 5.72. The predicted octanol–water partition coefficient (Wildman–Crippen LogP) is 3.60. The van der Waals surface area contributed by atoms with Gasteiger partial charge in [-0.15, -0.1) is 0 Å². The number of carbonyl (C=O) groups is 1.